The summed E-state index contributed by atoms with van der Waals surface area (Å²) >= 11 is 3.50. The molecule has 0 spiro atoms. The third-order valence-electron chi connectivity index (χ3n) is 3.42. The van der Waals surface area contributed by atoms with Gasteiger partial charge in [-0.15, -0.1) is 24.0 Å². The van der Waals surface area contributed by atoms with E-state index < -0.39 is 0 Å². The van der Waals surface area contributed by atoms with Gasteiger partial charge in [0.1, 0.15) is 11.4 Å². The van der Waals surface area contributed by atoms with Crippen molar-refractivity contribution < 1.29 is 4.42 Å². The highest BCUT2D eigenvalue weighted by Crippen LogP contribution is 2.17. The van der Waals surface area contributed by atoms with Crippen LogP contribution in [0, 0.1) is 6.92 Å². The maximum absolute atomic E-state index is 5.29. The topological polar surface area (TPSA) is 66.9 Å². The van der Waals surface area contributed by atoms with Crippen LogP contribution in [0.5, 0.6) is 0 Å². The molecule has 0 aliphatic heterocycles. The molecule has 0 bridgehead atoms. The molecular weight excluding hydrogens is 485 g/mol. The van der Waals surface area contributed by atoms with Crippen LogP contribution < -0.4 is 10.6 Å². The predicted molar refractivity (Wildman–Crippen MR) is 109 cm³/mol. The first-order chi connectivity index (χ1) is 11.2. The molecule has 0 amide bonds. The van der Waals surface area contributed by atoms with E-state index in [0.717, 1.165) is 27.1 Å². The van der Waals surface area contributed by atoms with E-state index in [0.29, 0.717) is 19.0 Å². The van der Waals surface area contributed by atoms with Crippen LogP contribution in [0.4, 0.5) is 0 Å². The average molecular weight is 504 g/mol. The second-order valence-corrected chi connectivity index (χ2v) is 6.08. The minimum Gasteiger partial charge on any atom is -0.467 e. The van der Waals surface area contributed by atoms with Crippen LogP contribution in [0.1, 0.15) is 17.0 Å². The SMILES string of the molecule is CN=C(NCc1cn2cc(Br)cc(C)c2n1)NCc1ccco1.I. The van der Waals surface area contributed by atoms with Crippen molar-refractivity contribution in [2.45, 2.75) is 20.0 Å². The van der Waals surface area contributed by atoms with E-state index in [1.54, 1.807) is 13.3 Å². The molecule has 0 saturated carbocycles. The van der Waals surface area contributed by atoms with E-state index >= 15 is 0 Å². The van der Waals surface area contributed by atoms with Crippen molar-refractivity contribution in [3.8, 4) is 0 Å². The molecule has 3 aromatic rings. The highest BCUT2D eigenvalue weighted by atomic mass is 127. The van der Waals surface area contributed by atoms with E-state index in [-0.39, 0.29) is 24.0 Å². The normalized spacial score (nSPS) is 11.4. The fourth-order valence-corrected chi connectivity index (χ4v) is 2.90. The average Bonchev–Trinajstić information content (AvgIpc) is 3.16. The minimum atomic E-state index is 0. The Labute approximate surface area is 165 Å². The minimum absolute atomic E-state index is 0. The quantitative estimate of drug-likeness (QED) is 0.325. The van der Waals surface area contributed by atoms with Crippen molar-refractivity contribution in [1.82, 2.24) is 20.0 Å². The fraction of sp³-hybridized carbons (Fsp3) is 0.250. The number of aromatic nitrogens is 2. The number of furan rings is 1. The molecule has 0 unspecified atom stereocenters. The zero-order valence-corrected chi connectivity index (χ0v) is 17.3. The molecule has 0 atom stereocenters. The molecule has 3 rings (SSSR count). The lowest BCUT2D eigenvalue weighted by Crippen LogP contribution is -2.36. The molecule has 3 aromatic heterocycles. The first-order valence-electron chi connectivity index (χ1n) is 7.26. The maximum Gasteiger partial charge on any atom is 0.191 e. The van der Waals surface area contributed by atoms with E-state index in [1.807, 2.05) is 35.9 Å². The van der Waals surface area contributed by atoms with Gasteiger partial charge in [0.2, 0.25) is 0 Å². The number of aliphatic imine (C=N–C) groups is 1. The molecule has 0 aliphatic rings. The van der Waals surface area contributed by atoms with Crippen molar-refractivity contribution in [2.24, 2.45) is 4.99 Å². The van der Waals surface area contributed by atoms with Crippen molar-refractivity contribution in [1.29, 1.82) is 0 Å². The summed E-state index contributed by atoms with van der Waals surface area (Å²) in [6.45, 7) is 3.23. The van der Waals surface area contributed by atoms with Gasteiger partial charge in [0, 0.05) is 23.9 Å². The van der Waals surface area contributed by atoms with Crippen molar-refractivity contribution in [3.05, 3.63) is 58.3 Å². The first kappa shape index (κ1) is 18.8. The Hall–Kier alpha value is -1.55. The van der Waals surface area contributed by atoms with Crippen LogP contribution in [0.3, 0.4) is 0 Å². The number of aryl methyl sites for hydroxylation is 1. The molecule has 0 fully saturated rings. The summed E-state index contributed by atoms with van der Waals surface area (Å²) in [4.78, 5) is 8.85. The molecule has 24 heavy (non-hydrogen) atoms. The second kappa shape index (κ2) is 8.52. The number of imidazole rings is 1. The number of halogens is 2. The predicted octanol–water partition coefficient (Wildman–Crippen LogP) is 3.48. The second-order valence-electron chi connectivity index (χ2n) is 5.16. The lowest BCUT2D eigenvalue weighted by molar-refractivity contribution is 0.501. The molecule has 0 saturated heterocycles. The van der Waals surface area contributed by atoms with Gasteiger partial charge in [0.05, 0.1) is 25.0 Å². The van der Waals surface area contributed by atoms with Gasteiger partial charge in [-0.1, -0.05) is 0 Å². The van der Waals surface area contributed by atoms with Gasteiger partial charge in [-0.05, 0) is 46.6 Å². The highest BCUT2D eigenvalue weighted by molar-refractivity contribution is 14.0. The molecule has 3 heterocycles. The monoisotopic (exact) mass is 503 g/mol. The summed E-state index contributed by atoms with van der Waals surface area (Å²) in [6.07, 6.45) is 5.67. The molecule has 0 aliphatic carbocycles. The summed E-state index contributed by atoms with van der Waals surface area (Å²) in [5, 5.41) is 6.45. The Kier molecular flexibility index (Phi) is 6.67. The van der Waals surface area contributed by atoms with Crippen LogP contribution in [0.25, 0.3) is 5.65 Å². The molecule has 2 N–H and O–H groups in total. The Morgan fingerprint density at radius 2 is 2.12 bits per heavy atom. The summed E-state index contributed by atoms with van der Waals surface area (Å²) in [5.41, 5.74) is 3.04. The Morgan fingerprint density at radius 3 is 2.83 bits per heavy atom. The summed E-state index contributed by atoms with van der Waals surface area (Å²) in [5.74, 6) is 1.57. The molecule has 0 aromatic carbocycles. The van der Waals surface area contributed by atoms with Gasteiger partial charge in [-0.25, -0.2) is 4.98 Å². The van der Waals surface area contributed by atoms with Crippen molar-refractivity contribution in [2.75, 3.05) is 7.05 Å². The number of guanidine groups is 1. The smallest absolute Gasteiger partial charge is 0.191 e. The summed E-state index contributed by atoms with van der Waals surface area (Å²) < 4.78 is 8.35. The van der Waals surface area contributed by atoms with Gasteiger partial charge in [-0.2, -0.15) is 0 Å². The third kappa shape index (κ3) is 4.50. The Balaban J connectivity index is 0.00000208. The van der Waals surface area contributed by atoms with Crippen molar-refractivity contribution >= 4 is 51.5 Å². The third-order valence-corrected chi connectivity index (χ3v) is 3.86. The van der Waals surface area contributed by atoms with Gasteiger partial charge in [0.15, 0.2) is 5.96 Å². The standard InChI is InChI=1S/C16H18BrN5O.HI/c1-11-6-12(17)9-22-10-13(21-15(11)22)7-19-16(18-2)20-8-14-4-3-5-23-14;/h3-6,9-10H,7-8H2,1-2H3,(H2,18,19,20);1H. The van der Waals surface area contributed by atoms with E-state index in [2.05, 4.69) is 42.6 Å². The largest absolute Gasteiger partial charge is 0.467 e. The summed E-state index contributed by atoms with van der Waals surface area (Å²) in [7, 11) is 1.74. The number of rotatable bonds is 4. The molecule has 6 nitrogen and oxygen atoms in total. The Morgan fingerprint density at radius 1 is 1.33 bits per heavy atom. The van der Waals surface area contributed by atoms with Gasteiger partial charge in [-0.3, -0.25) is 4.99 Å². The van der Waals surface area contributed by atoms with Crippen molar-refractivity contribution in [3.63, 3.8) is 0 Å². The number of nitrogens with zero attached hydrogens (tertiary/aromatic N) is 3. The Bertz CT molecular complexity index is 828. The van der Waals surface area contributed by atoms with Gasteiger partial charge < -0.3 is 19.5 Å². The van der Waals surface area contributed by atoms with Crippen LogP contribution >= 0.6 is 39.9 Å². The van der Waals surface area contributed by atoms with E-state index in [4.69, 9.17) is 4.42 Å². The van der Waals surface area contributed by atoms with Crippen LogP contribution in [0.15, 0.2) is 50.7 Å². The number of hydrogen-bond acceptors (Lipinski definition) is 3. The molecule has 0 radical (unpaired) electrons. The molecular formula is C16H19BrIN5O. The molecule has 8 heteroatoms. The molecule has 128 valence electrons. The van der Waals surface area contributed by atoms with Gasteiger partial charge >= 0.3 is 0 Å². The lowest BCUT2D eigenvalue weighted by Gasteiger charge is -2.09. The van der Waals surface area contributed by atoms with E-state index in [1.165, 1.54) is 0 Å². The van der Waals surface area contributed by atoms with Crippen LogP contribution in [-0.4, -0.2) is 22.4 Å². The summed E-state index contributed by atoms with van der Waals surface area (Å²) in [6, 6.07) is 5.84. The number of hydrogen-bond donors (Lipinski definition) is 2. The van der Waals surface area contributed by atoms with Crippen LogP contribution in [-0.2, 0) is 13.1 Å². The van der Waals surface area contributed by atoms with E-state index in [9.17, 15) is 0 Å². The zero-order chi connectivity index (χ0) is 16.2. The van der Waals surface area contributed by atoms with Crippen LogP contribution in [0.2, 0.25) is 0 Å². The maximum atomic E-state index is 5.29. The zero-order valence-electron chi connectivity index (χ0n) is 13.4. The number of fused-ring (bicyclic) bond motifs is 1. The first-order valence-corrected chi connectivity index (χ1v) is 8.05. The fourth-order valence-electron chi connectivity index (χ4n) is 2.34. The number of nitrogens with one attached hydrogen (secondary N) is 2. The lowest BCUT2D eigenvalue weighted by atomic mass is 10.3. The highest BCUT2D eigenvalue weighted by Gasteiger charge is 2.06. The number of pyridine rings is 1. The van der Waals surface area contributed by atoms with Gasteiger partial charge in [0.25, 0.3) is 0 Å².